The summed E-state index contributed by atoms with van der Waals surface area (Å²) in [6, 6.07) is 20.6. The van der Waals surface area contributed by atoms with Gasteiger partial charge in [-0.15, -0.1) is 0 Å². The molecule has 37 heavy (non-hydrogen) atoms. The van der Waals surface area contributed by atoms with Crippen molar-refractivity contribution < 1.29 is 23.4 Å². The van der Waals surface area contributed by atoms with Crippen LogP contribution in [-0.4, -0.2) is 28.0 Å². The van der Waals surface area contributed by atoms with E-state index in [1.54, 1.807) is 6.92 Å². The first kappa shape index (κ1) is 25.1. The average Bonchev–Trinajstić information content (AvgIpc) is 3.58. The second kappa shape index (κ2) is 10.0. The molecule has 1 saturated carbocycles. The minimum absolute atomic E-state index is 0.0374. The largest absolute Gasteiger partial charge is 0.361 e. The third-order valence-electron chi connectivity index (χ3n) is 7.00. The lowest BCUT2D eigenvalue weighted by Gasteiger charge is -2.34. The summed E-state index contributed by atoms with van der Waals surface area (Å²) in [6.07, 6.45) is 2.09. The summed E-state index contributed by atoms with van der Waals surface area (Å²) in [5, 5.41) is 17.7. The number of aromatic amines is 1. The Balaban J connectivity index is 1.37. The highest BCUT2D eigenvalue weighted by molar-refractivity contribution is 5.89. The molecule has 0 saturated heterocycles. The van der Waals surface area contributed by atoms with E-state index >= 15 is 0 Å². The smallest absolute Gasteiger partial charge is 0.241 e. The molecular weight excluding hydrogens is 476 g/mol. The molecule has 3 aromatic carbocycles. The van der Waals surface area contributed by atoms with Crippen molar-refractivity contribution in [2.24, 2.45) is 0 Å². The van der Waals surface area contributed by atoms with E-state index in [2.05, 4.69) is 15.6 Å². The molecule has 192 valence electrons. The number of para-hydroxylation sites is 1. The molecule has 4 N–H and O–H groups in total. The van der Waals surface area contributed by atoms with Gasteiger partial charge in [0, 0.05) is 29.1 Å². The van der Waals surface area contributed by atoms with Crippen molar-refractivity contribution in [3.8, 4) is 0 Å². The predicted octanol–water partition coefficient (Wildman–Crippen LogP) is 4.64. The van der Waals surface area contributed by atoms with E-state index < -0.39 is 29.1 Å². The van der Waals surface area contributed by atoms with Gasteiger partial charge in [-0.1, -0.05) is 48.5 Å². The molecule has 1 fully saturated rings. The summed E-state index contributed by atoms with van der Waals surface area (Å²) >= 11 is 0. The van der Waals surface area contributed by atoms with Gasteiger partial charge in [0.25, 0.3) is 0 Å². The molecule has 0 spiro atoms. The second-order valence-electron chi connectivity index (χ2n) is 9.81. The van der Waals surface area contributed by atoms with Gasteiger partial charge in [-0.3, -0.25) is 10.1 Å². The fraction of sp³-hybridized carbons (Fsp3) is 0.276. The SMILES string of the molecule is C[C@](Cc1c[nH]c2ccccc12)(NC(O)OCc1cc(F)ccc1F)C(=O)NC1(c2ccccc2)CC1. The number of carbonyl (C=O) groups excluding carboxylic acids is 1. The molecule has 0 radical (unpaired) electrons. The molecular formula is C29H29F2N3O3. The van der Waals surface area contributed by atoms with Crippen molar-refractivity contribution in [1.29, 1.82) is 0 Å². The molecule has 1 unspecified atom stereocenters. The summed E-state index contributed by atoms with van der Waals surface area (Å²) in [7, 11) is 0. The predicted molar refractivity (Wildman–Crippen MR) is 136 cm³/mol. The van der Waals surface area contributed by atoms with Crippen LogP contribution in [-0.2, 0) is 28.1 Å². The third-order valence-corrected chi connectivity index (χ3v) is 7.00. The minimum atomic E-state index is -1.62. The Kier molecular flexibility index (Phi) is 6.81. The Morgan fingerprint density at radius 2 is 1.81 bits per heavy atom. The monoisotopic (exact) mass is 505 g/mol. The first-order valence-corrected chi connectivity index (χ1v) is 12.2. The van der Waals surface area contributed by atoms with Crippen molar-refractivity contribution in [3.05, 3.63) is 107 Å². The normalized spacial score (nSPS) is 16.8. The lowest BCUT2D eigenvalue weighted by atomic mass is 9.90. The van der Waals surface area contributed by atoms with E-state index in [9.17, 15) is 18.7 Å². The van der Waals surface area contributed by atoms with Gasteiger partial charge in [-0.25, -0.2) is 8.78 Å². The number of rotatable bonds is 10. The highest BCUT2D eigenvalue weighted by atomic mass is 19.1. The van der Waals surface area contributed by atoms with Gasteiger partial charge < -0.3 is 20.1 Å². The van der Waals surface area contributed by atoms with Crippen molar-refractivity contribution >= 4 is 16.8 Å². The molecule has 1 aromatic heterocycles. The fourth-order valence-corrected chi connectivity index (χ4v) is 4.72. The van der Waals surface area contributed by atoms with Crippen molar-refractivity contribution in [2.75, 3.05) is 0 Å². The quantitative estimate of drug-likeness (QED) is 0.237. The van der Waals surface area contributed by atoms with Crippen LogP contribution in [0.15, 0.2) is 79.0 Å². The Morgan fingerprint density at radius 3 is 2.57 bits per heavy atom. The average molecular weight is 506 g/mol. The van der Waals surface area contributed by atoms with E-state index in [0.717, 1.165) is 53.1 Å². The minimum Gasteiger partial charge on any atom is -0.361 e. The number of ether oxygens (including phenoxy) is 1. The van der Waals surface area contributed by atoms with Crippen LogP contribution in [0.1, 0.15) is 36.5 Å². The number of carbonyl (C=O) groups is 1. The number of nitrogens with one attached hydrogen (secondary N) is 3. The first-order chi connectivity index (χ1) is 17.8. The number of aromatic nitrogens is 1. The summed E-state index contributed by atoms with van der Waals surface area (Å²) in [5.41, 5.74) is 1.05. The topological polar surface area (TPSA) is 86.4 Å². The van der Waals surface area contributed by atoms with Gasteiger partial charge in [0.05, 0.1) is 12.1 Å². The van der Waals surface area contributed by atoms with Crippen molar-refractivity contribution in [2.45, 2.75) is 50.3 Å². The molecule has 6 nitrogen and oxygen atoms in total. The van der Waals surface area contributed by atoms with Crippen LogP contribution >= 0.6 is 0 Å². The lowest BCUT2D eigenvalue weighted by Crippen LogP contribution is -2.61. The Labute approximate surface area is 213 Å². The Hall–Kier alpha value is -3.59. The molecule has 8 heteroatoms. The number of aliphatic hydroxyl groups is 1. The number of aliphatic hydroxyl groups excluding tert-OH is 1. The zero-order valence-electron chi connectivity index (χ0n) is 20.4. The number of hydrogen-bond donors (Lipinski definition) is 4. The van der Waals surface area contributed by atoms with Crippen LogP contribution in [0.5, 0.6) is 0 Å². The highest BCUT2D eigenvalue weighted by Gasteiger charge is 2.49. The molecule has 1 amide bonds. The third kappa shape index (κ3) is 5.41. The molecule has 0 aliphatic heterocycles. The maximum atomic E-state index is 14.0. The van der Waals surface area contributed by atoms with Crippen LogP contribution in [0, 0.1) is 11.6 Å². The van der Waals surface area contributed by atoms with E-state index in [0.29, 0.717) is 0 Å². The molecule has 1 aliphatic carbocycles. The highest BCUT2D eigenvalue weighted by Crippen LogP contribution is 2.45. The van der Waals surface area contributed by atoms with Gasteiger partial charge >= 0.3 is 0 Å². The van der Waals surface area contributed by atoms with Crippen LogP contribution in [0.3, 0.4) is 0 Å². The Bertz CT molecular complexity index is 1400. The first-order valence-electron chi connectivity index (χ1n) is 12.2. The Morgan fingerprint density at radius 1 is 1.08 bits per heavy atom. The maximum Gasteiger partial charge on any atom is 0.241 e. The zero-order valence-corrected chi connectivity index (χ0v) is 20.4. The van der Waals surface area contributed by atoms with Gasteiger partial charge in [-0.2, -0.15) is 0 Å². The number of hydrogen-bond acceptors (Lipinski definition) is 4. The van der Waals surface area contributed by atoms with Crippen LogP contribution in [0.2, 0.25) is 0 Å². The number of halogens is 2. The second-order valence-corrected chi connectivity index (χ2v) is 9.81. The molecule has 2 atom stereocenters. The summed E-state index contributed by atoms with van der Waals surface area (Å²) in [6.45, 7) is 1.32. The molecule has 1 heterocycles. The molecule has 0 bridgehead atoms. The van der Waals surface area contributed by atoms with Crippen LogP contribution in [0.4, 0.5) is 8.78 Å². The summed E-state index contributed by atoms with van der Waals surface area (Å²) in [5.74, 6) is -1.56. The number of fused-ring (bicyclic) bond motifs is 1. The number of amides is 1. The van der Waals surface area contributed by atoms with Gasteiger partial charge in [-0.05, 0) is 55.2 Å². The van der Waals surface area contributed by atoms with E-state index in [4.69, 9.17) is 4.74 Å². The number of benzene rings is 3. The van der Waals surface area contributed by atoms with Gasteiger partial charge in [0.15, 0.2) is 0 Å². The van der Waals surface area contributed by atoms with Crippen molar-refractivity contribution in [3.63, 3.8) is 0 Å². The van der Waals surface area contributed by atoms with Crippen LogP contribution in [0.25, 0.3) is 10.9 Å². The van der Waals surface area contributed by atoms with Crippen LogP contribution < -0.4 is 10.6 Å². The van der Waals surface area contributed by atoms with Gasteiger partial charge in [0.2, 0.25) is 12.3 Å². The van der Waals surface area contributed by atoms with E-state index in [1.165, 1.54) is 0 Å². The summed E-state index contributed by atoms with van der Waals surface area (Å²) in [4.78, 5) is 17.0. The zero-order chi connectivity index (χ0) is 26.0. The maximum absolute atomic E-state index is 14.0. The number of H-pyrrole nitrogens is 1. The summed E-state index contributed by atoms with van der Waals surface area (Å²) < 4.78 is 33.0. The lowest BCUT2D eigenvalue weighted by molar-refractivity contribution is -0.154. The molecule has 5 rings (SSSR count). The fourth-order valence-electron chi connectivity index (χ4n) is 4.72. The molecule has 4 aromatic rings. The standard InChI is InChI=1S/C29H29F2N3O3/c1-28(16-20-17-32-25-10-6-5-9-23(20)25,26(35)33-29(13-14-29)21-7-3-2-4-8-21)34-27(36)37-18-19-15-22(30)11-12-24(19)31/h2-12,15,17,27,32,34,36H,13-14,16,18H2,1H3,(H,33,35)/t27?,28-/m1/s1. The van der Waals surface area contributed by atoms with Crippen molar-refractivity contribution in [1.82, 2.24) is 15.6 Å². The molecule has 1 aliphatic rings. The van der Waals surface area contributed by atoms with E-state index in [-0.39, 0.29) is 24.5 Å². The van der Waals surface area contributed by atoms with Gasteiger partial charge in [0.1, 0.15) is 17.2 Å². The van der Waals surface area contributed by atoms with E-state index in [1.807, 2.05) is 60.8 Å².